The maximum Gasteiger partial charge on any atom is 0.0593 e. The number of methoxy groups -OCH3 is 1. The highest BCUT2D eigenvalue weighted by Crippen LogP contribution is 2.09. The molecule has 0 bridgehead atoms. The van der Waals surface area contributed by atoms with Crippen LogP contribution in [0.1, 0.15) is 6.42 Å². The zero-order chi connectivity index (χ0) is 12.6. The summed E-state index contributed by atoms with van der Waals surface area (Å²) in [5.41, 5.74) is 0. The van der Waals surface area contributed by atoms with Crippen LogP contribution in [-0.2, 0) is 9.47 Å². The van der Waals surface area contributed by atoms with E-state index >= 15 is 0 Å². The van der Waals surface area contributed by atoms with E-state index in [0.29, 0.717) is 0 Å². The minimum Gasteiger partial charge on any atom is -0.385 e. The quantitative estimate of drug-likeness (QED) is 0.601. The number of hydrogen-bond donors (Lipinski definition) is 1. The van der Waals surface area contributed by atoms with Gasteiger partial charge in [0.05, 0.1) is 6.61 Å². The summed E-state index contributed by atoms with van der Waals surface area (Å²) in [4.78, 5) is 5.13. The van der Waals surface area contributed by atoms with Gasteiger partial charge < -0.3 is 14.8 Å². The molecule has 2 aliphatic rings. The van der Waals surface area contributed by atoms with Crippen LogP contribution in [0.3, 0.4) is 0 Å². The molecular weight excluding hydrogens is 230 g/mol. The molecule has 2 aliphatic heterocycles. The normalized spacial score (nSPS) is 23.2. The summed E-state index contributed by atoms with van der Waals surface area (Å²) in [5, 5.41) is 3.34. The first-order chi connectivity index (χ1) is 8.90. The molecule has 0 aromatic carbocycles. The Labute approximate surface area is 110 Å². The fraction of sp³-hybridized carbons (Fsp3) is 1.00. The van der Waals surface area contributed by atoms with E-state index in [2.05, 4.69) is 15.1 Å². The van der Waals surface area contributed by atoms with Crippen molar-refractivity contribution in [1.29, 1.82) is 0 Å². The summed E-state index contributed by atoms with van der Waals surface area (Å²) in [6.45, 7) is 10.7. The highest BCUT2D eigenvalue weighted by atomic mass is 16.5. The van der Waals surface area contributed by atoms with E-state index in [1.807, 2.05) is 0 Å². The van der Waals surface area contributed by atoms with E-state index in [4.69, 9.17) is 9.47 Å². The van der Waals surface area contributed by atoms with Crippen molar-refractivity contribution in [3.8, 4) is 0 Å². The molecule has 5 nitrogen and oxygen atoms in total. The average Bonchev–Trinajstić information content (AvgIpc) is 2.33. The molecule has 0 atom stereocenters. The summed E-state index contributed by atoms with van der Waals surface area (Å²) in [6, 6.07) is 0.803. The van der Waals surface area contributed by atoms with Crippen molar-refractivity contribution in [2.45, 2.75) is 12.5 Å². The summed E-state index contributed by atoms with van der Waals surface area (Å²) >= 11 is 0. The van der Waals surface area contributed by atoms with Crippen molar-refractivity contribution in [2.75, 3.05) is 72.7 Å². The van der Waals surface area contributed by atoms with Crippen LogP contribution < -0.4 is 5.32 Å². The number of piperazine rings is 1. The number of ether oxygens (including phenoxy) is 2. The van der Waals surface area contributed by atoms with Crippen molar-refractivity contribution in [2.24, 2.45) is 0 Å². The van der Waals surface area contributed by atoms with Gasteiger partial charge in [-0.15, -0.1) is 0 Å². The van der Waals surface area contributed by atoms with Gasteiger partial charge in [-0.2, -0.15) is 0 Å². The van der Waals surface area contributed by atoms with Gasteiger partial charge in [-0.25, -0.2) is 0 Å². The maximum absolute atomic E-state index is 5.60. The second-order valence-electron chi connectivity index (χ2n) is 5.15. The van der Waals surface area contributed by atoms with Crippen LogP contribution in [-0.4, -0.2) is 88.6 Å². The molecule has 0 saturated carbocycles. The molecule has 0 aromatic rings. The maximum atomic E-state index is 5.60. The number of hydrogen-bond acceptors (Lipinski definition) is 5. The monoisotopic (exact) mass is 257 g/mol. The van der Waals surface area contributed by atoms with E-state index in [-0.39, 0.29) is 0 Å². The highest BCUT2D eigenvalue weighted by molar-refractivity contribution is 4.87. The zero-order valence-electron chi connectivity index (χ0n) is 11.6. The first-order valence-electron chi connectivity index (χ1n) is 7.14. The van der Waals surface area contributed by atoms with Gasteiger partial charge in [0, 0.05) is 72.2 Å². The van der Waals surface area contributed by atoms with Crippen LogP contribution in [0.25, 0.3) is 0 Å². The lowest BCUT2D eigenvalue weighted by atomic mass is 10.1. The van der Waals surface area contributed by atoms with Crippen molar-refractivity contribution in [3.63, 3.8) is 0 Å². The van der Waals surface area contributed by atoms with E-state index in [0.717, 1.165) is 38.8 Å². The number of nitrogens with one attached hydrogen (secondary N) is 1. The van der Waals surface area contributed by atoms with E-state index in [1.165, 1.54) is 39.3 Å². The molecule has 2 rings (SSSR count). The Morgan fingerprint density at radius 1 is 1.06 bits per heavy atom. The van der Waals surface area contributed by atoms with Crippen molar-refractivity contribution in [3.05, 3.63) is 0 Å². The molecule has 0 radical (unpaired) electrons. The van der Waals surface area contributed by atoms with Crippen molar-refractivity contribution >= 4 is 0 Å². The summed E-state index contributed by atoms with van der Waals surface area (Å²) in [5.74, 6) is 0. The van der Waals surface area contributed by atoms with Crippen LogP contribution in [0, 0.1) is 0 Å². The first-order valence-corrected chi connectivity index (χ1v) is 7.14. The van der Waals surface area contributed by atoms with Gasteiger partial charge in [0.1, 0.15) is 0 Å². The van der Waals surface area contributed by atoms with Gasteiger partial charge in [-0.1, -0.05) is 0 Å². The second kappa shape index (κ2) is 8.07. The van der Waals surface area contributed by atoms with Gasteiger partial charge in [-0.05, 0) is 6.42 Å². The predicted octanol–water partition coefficient (Wildman–Crippen LogP) is -0.371. The fourth-order valence-corrected chi connectivity index (χ4v) is 2.48. The van der Waals surface area contributed by atoms with Crippen molar-refractivity contribution in [1.82, 2.24) is 15.1 Å². The van der Waals surface area contributed by atoms with Crippen LogP contribution >= 0.6 is 0 Å². The van der Waals surface area contributed by atoms with Gasteiger partial charge in [0.25, 0.3) is 0 Å². The summed E-state index contributed by atoms with van der Waals surface area (Å²) < 4.78 is 10.6. The third-order valence-corrected chi connectivity index (χ3v) is 3.87. The molecule has 0 amide bonds. The van der Waals surface area contributed by atoms with E-state index < -0.39 is 0 Å². The SMILES string of the molecule is COCCCOCCN1CCN(C2CNC2)CC1. The van der Waals surface area contributed by atoms with Gasteiger partial charge >= 0.3 is 0 Å². The minimum atomic E-state index is 0.800. The Morgan fingerprint density at radius 2 is 1.83 bits per heavy atom. The van der Waals surface area contributed by atoms with Crippen LogP contribution in [0.2, 0.25) is 0 Å². The number of nitrogens with zero attached hydrogens (tertiary/aromatic N) is 2. The Hall–Kier alpha value is -0.200. The highest BCUT2D eigenvalue weighted by Gasteiger charge is 2.27. The molecule has 2 fully saturated rings. The molecule has 1 N–H and O–H groups in total. The number of rotatable bonds is 8. The molecule has 2 heterocycles. The summed E-state index contributed by atoms with van der Waals surface area (Å²) in [6.07, 6.45) is 0.999. The first kappa shape index (κ1) is 14.2. The molecule has 5 heteroatoms. The van der Waals surface area contributed by atoms with Crippen LogP contribution in [0.5, 0.6) is 0 Å². The Morgan fingerprint density at radius 3 is 2.44 bits per heavy atom. The molecule has 106 valence electrons. The van der Waals surface area contributed by atoms with Gasteiger partial charge in [0.15, 0.2) is 0 Å². The Bertz CT molecular complexity index is 216. The molecule has 0 aliphatic carbocycles. The average molecular weight is 257 g/mol. The molecule has 0 aromatic heterocycles. The predicted molar refractivity (Wildman–Crippen MR) is 72.0 cm³/mol. The van der Waals surface area contributed by atoms with E-state index in [9.17, 15) is 0 Å². The summed E-state index contributed by atoms with van der Waals surface area (Å²) in [7, 11) is 1.73. The lowest BCUT2D eigenvalue weighted by Gasteiger charge is -2.43. The minimum absolute atomic E-state index is 0.800. The lowest BCUT2D eigenvalue weighted by molar-refractivity contribution is 0.0448. The fourth-order valence-electron chi connectivity index (χ4n) is 2.48. The third-order valence-electron chi connectivity index (χ3n) is 3.87. The largest absolute Gasteiger partial charge is 0.385 e. The topological polar surface area (TPSA) is 37.0 Å². The molecule has 0 unspecified atom stereocenters. The van der Waals surface area contributed by atoms with Crippen LogP contribution in [0.15, 0.2) is 0 Å². The van der Waals surface area contributed by atoms with Crippen LogP contribution in [0.4, 0.5) is 0 Å². The molecule has 0 spiro atoms. The van der Waals surface area contributed by atoms with Crippen molar-refractivity contribution < 1.29 is 9.47 Å². The van der Waals surface area contributed by atoms with Gasteiger partial charge in [-0.3, -0.25) is 9.80 Å². The van der Waals surface area contributed by atoms with Gasteiger partial charge in [0.2, 0.25) is 0 Å². The van der Waals surface area contributed by atoms with E-state index in [1.54, 1.807) is 7.11 Å². The zero-order valence-corrected chi connectivity index (χ0v) is 11.6. The standard InChI is InChI=1S/C13H27N3O2/c1-17-8-2-9-18-10-7-15-3-5-16(6-4-15)13-11-14-12-13/h13-14H,2-12H2,1H3. The lowest BCUT2D eigenvalue weighted by Crippen LogP contribution is -2.61. The third kappa shape index (κ3) is 4.48. The molecular formula is C13H27N3O2. The smallest absolute Gasteiger partial charge is 0.0593 e. The molecule has 2 saturated heterocycles. The Balaban J connectivity index is 1.46. The Kier molecular flexibility index (Phi) is 6.37. The second-order valence-corrected chi connectivity index (χ2v) is 5.15. The molecule has 18 heavy (non-hydrogen) atoms.